The molecular weight excluding hydrogens is 421 g/mol. The van der Waals surface area contributed by atoms with Crippen molar-refractivity contribution in [3.8, 4) is 0 Å². The van der Waals surface area contributed by atoms with Gasteiger partial charge < -0.3 is 4.90 Å². The maximum Gasteiger partial charge on any atom is 0.416 e. The van der Waals surface area contributed by atoms with Gasteiger partial charge in [0.2, 0.25) is 0 Å². The number of hydrazone groups is 1. The summed E-state index contributed by atoms with van der Waals surface area (Å²) >= 11 is 0. The van der Waals surface area contributed by atoms with E-state index in [4.69, 9.17) is 0 Å². The normalized spacial score (nSPS) is 18.0. The molecule has 6 nitrogen and oxygen atoms in total. The molecule has 9 heteroatoms. The minimum absolute atomic E-state index is 0.0479. The van der Waals surface area contributed by atoms with Crippen LogP contribution < -0.4 is 10.3 Å². The lowest BCUT2D eigenvalue weighted by Gasteiger charge is -2.47. The van der Waals surface area contributed by atoms with Gasteiger partial charge in [0, 0.05) is 23.8 Å². The van der Waals surface area contributed by atoms with E-state index in [2.05, 4.69) is 55.3 Å². The highest BCUT2D eigenvalue weighted by Gasteiger charge is 2.36. The summed E-state index contributed by atoms with van der Waals surface area (Å²) in [6.07, 6.45) is -2.12. The van der Waals surface area contributed by atoms with E-state index in [1.54, 1.807) is 6.21 Å². The number of hydrogen-bond acceptors (Lipinski definition) is 5. The molecule has 0 fully saturated rings. The van der Waals surface area contributed by atoms with Gasteiger partial charge in [-0.05, 0) is 81.0 Å². The van der Waals surface area contributed by atoms with Gasteiger partial charge in [-0.1, -0.05) is 6.92 Å². The van der Waals surface area contributed by atoms with Gasteiger partial charge in [0.05, 0.1) is 16.7 Å². The van der Waals surface area contributed by atoms with Gasteiger partial charge in [-0.2, -0.15) is 18.3 Å². The van der Waals surface area contributed by atoms with E-state index in [9.17, 15) is 23.3 Å². The van der Waals surface area contributed by atoms with E-state index in [0.29, 0.717) is 12.0 Å². The standard InChI is InChI=1S/C23H27F3N4O2/c1-6-29-20-9-14(2)16(10-18(20)15(3)12-22(29,4)5)13-27-28-19-8-7-17(23(24,25)26)11-21(19)30(31)32/h7-11,13,15,28H,6,12H2,1-5H3/b27-13+. The Hall–Kier alpha value is -3.10. The smallest absolute Gasteiger partial charge is 0.366 e. The summed E-state index contributed by atoms with van der Waals surface area (Å²) < 4.78 is 38.6. The Morgan fingerprint density at radius 1 is 1.31 bits per heavy atom. The van der Waals surface area contributed by atoms with Crippen molar-refractivity contribution in [2.75, 3.05) is 16.9 Å². The highest BCUT2D eigenvalue weighted by Crippen LogP contribution is 2.44. The molecule has 0 radical (unpaired) electrons. The third-order valence-electron chi connectivity index (χ3n) is 6.00. The first-order chi connectivity index (χ1) is 14.8. The summed E-state index contributed by atoms with van der Waals surface area (Å²) in [6, 6.07) is 6.50. The molecule has 2 aromatic rings. The SMILES string of the molecule is CCN1c2cc(C)c(/C=N/Nc3ccc(C(F)(F)F)cc3[N+](=O)[O-])cc2C(C)CC1(C)C. The molecule has 1 N–H and O–H groups in total. The molecule has 172 valence electrons. The van der Waals surface area contributed by atoms with Crippen LogP contribution in [0.3, 0.4) is 0 Å². The highest BCUT2D eigenvalue weighted by molar-refractivity contribution is 5.85. The van der Waals surface area contributed by atoms with E-state index in [1.165, 1.54) is 11.3 Å². The number of nitro benzene ring substituents is 1. The Labute approximate surface area is 185 Å². The Balaban J connectivity index is 1.90. The molecule has 1 atom stereocenters. The third kappa shape index (κ3) is 4.56. The topological polar surface area (TPSA) is 70.8 Å². The summed E-state index contributed by atoms with van der Waals surface area (Å²) in [4.78, 5) is 12.8. The van der Waals surface area contributed by atoms with Gasteiger partial charge in [0.1, 0.15) is 5.69 Å². The second-order valence-corrected chi connectivity index (χ2v) is 8.79. The van der Waals surface area contributed by atoms with Crippen molar-refractivity contribution < 1.29 is 18.1 Å². The fraction of sp³-hybridized carbons (Fsp3) is 0.435. The number of fused-ring (bicyclic) bond motifs is 1. The highest BCUT2D eigenvalue weighted by atomic mass is 19.4. The second kappa shape index (κ2) is 8.44. The van der Waals surface area contributed by atoms with Crippen LogP contribution >= 0.6 is 0 Å². The number of hydrogen-bond donors (Lipinski definition) is 1. The lowest BCUT2D eigenvalue weighted by molar-refractivity contribution is -0.384. The van der Waals surface area contributed by atoms with Gasteiger partial charge in [-0.25, -0.2) is 0 Å². The fourth-order valence-corrected chi connectivity index (χ4v) is 4.51. The number of rotatable bonds is 5. The summed E-state index contributed by atoms with van der Waals surface area (Å²) in [7, 11) is 0. The zero-order valence-corrected chi connectivity index (χ0v) is 18.7. The van der Waals surface area contributed by atoms with Crippen LogP contribution in [0, 0.1) is 17.0 Å². The zero-order chi connectivity index (χ0) is 23.8. The van der Waals surface area contributed by atoms with Crippen LogP contribution in [0.15, 0.2) is 35.4 Å². The molecule has 0 aliphatic carbocycles. The summed E-state index contributed by atoms with van der Waals surface area (Å²) in [5, 5.41) is 15.3. The van der Waals surface area contributed by atoms with Crippen LogP contribution in [0.1, 0.15) is 62.3 Å². The van der Waals surface area contributed by atoms with Crippen LogP contribution in [0.5, 0.6) is 0 Å². The van der Waals surface area contributed by atoms with Gasteiger partial charge in [0.25, 0.3) is 5.69 Å². The molecule has 1 aliphatic rings. The van der Waals surface area contributed by atoms with Crippen molar-refractivity contribution in [1.82, 2.24) is 0 Å². The maximum absolute atomic E-state index is 12.9. The zero-order valence-electron chi connectivity index (χ0n) is 18.7. The molecule has 0 amide bonds. The Kier molecular flexibility index (Phi) is 6.22. The van der Waals surface area contributed by atoms with Crippen molar-refractivity contribution in [3.63, 3.8) is 0 Å². The minimum atomic E-state index is -4.66. The van der Waals surface area contributed by atoms with Crippen LogP contribution in [0.25, 0.3) is 0 Å². The van der Waals surface area contributed by atoms with Gasteiger partial charge in [-0.3, -0.25) is 15.5 Å². The van der Waals surface area contributed by atoms with Crippen LogP contribution in [-0.4, -0.2) is 23.2 Å². The van der Waals surface area contributed by atoms with E-state index in [0.717, 1.165) is 36.2 Å². The average Bonchev–Trinajstić information content (AvgIpc) is 2.67. The second-order valence-electron chi connectivity index (χ2n) is 8.79. The van der Waals surface area contributed by atoms with Crippen LogP contribution in [0.2, 0.25) is 0 Å². The van der Waals surface area contributed by atoms with Gasteiger partial charge >= 0.3 is 6.18 Å². The van der Waals surface area contributed by atoms with Gasteiger partial charge in [0.15, 0.2) is 0 Å². The van der Waals surface area contributed by atoms with E-state index >= 15 is 0 Å². The van der Waals surface area contributed by atoms with E-state index < -0.39 is 22.4 Å². The lowest BCUT2D eigenvalue weighted by atomic mass is 9.79. The predicted octanol–water partition coefficient (Wildman–Crippen LogP) is 6.48. The van der Waals surface area contributed by atoms with Crippen molar-refractivity contribution >= 4 is 23.3 Å². The number of nitrogens with zero attached hydrogens (tertiary/aromatic N) is 3. The number of nitrogens with one attached hydrogen (secondary N) is 1. The molecule has 3 rings (SSSR count). The van der Waals surface area contributed by atoms with Crippen LogP contribution in [-0.2, 0) is 6.18 Å². The fourth-order valence-electron chi connectivity index (χ4n) is 4.51. The van der Waals surface area contributed by atoms with Gasteiger partial charge in [-0.15, -0.1) is 0 Å². The lowest BCUT2D eigenvalue weighted by Crippen LogP contribution is -2.48. The molecule has 32 heavy (non-hydrogen) atoms. The predicted molar refractivity (Wildman–Crippen MR) is 121 cm³/mol. The first kappa shape index (κ1) is 23.6. The number of aryl methyl sites for hydroxylation is 1. The van der Waals surface area contributed by atoms with Crippen LogP contribution in [0.4, 0.5) is 30.2 Å². The Morgan fingerprint density at radius 2 is 2.00 bits per heavy atom. The first-order valence-corrected chi connectivity index (χ1v) is 10.4. The summed E-state index contributed by atoms with van der Waals surface area (Å²) in [5.74, 6) is 0.347. The summed E-state index contributed by atoms with van der Waals surface area (Å²) in [5.41, 5.74) is 4.92. The average molecular weight is 448 g/mol. The number of halogens is 3. The minimum Gasteiger partial charge on any atom is -0.366 e. The quantitative estimate of drug-likeness (QED) is 0.323. The first-order valence-electron chi connectivity index (χ1n) is 10.4. The Morgan fingerprint density at radius 3 is 2.59 bits per heavy atom. The van der Waals surface area contributed by atoms with Crippen molar-refractivity contribution in [1.29, 1.82) is 0 Å². The van der Waals surface area contributed by atoms with E-state index in [-0.39, 0.29) is 11.2 Å². The molecule has 2 aromatic carbocycles. The molecule has 0 saturated carbocycles. The number of benzene rings is 2. The maximum atomic E-state index is 12.9. The molecule has 1 aliphatic heterocycles. The van der Waals surface area contributed by atoms with E-state index in [1.807, 2.05) is 6.92 Å². The molecule has 0 bridgehead atoms. The molecule has 1 unspecified atom stereocenters. The number of alkyl halides is 3. The molecule has 0 saturated heterocycles. The number of nitro groups is 1. The van der Waals surface area contributed by atoms with Crippen molar-refractivity contribution in [3.05, 3.63) is 62.7 Å². The largest absolute Gasteiger partial charge is 0.416 e. The monoisotopic (exact) mass is 448 g/mol. The molecule has 0 spiro atoms. The Bertz CT molecular complexity index is 1060. The van der Waals surface area contributed by atoms with Crippen molar-refractivity contribution in [2.24, 2.45) is 5.10 Å². The molecule has 0 aromatic heterocycles. The van der Waals surface area contributed by atoms with Crippen molar-refractivity contribution in [2.45, 2.75) is 58.7 Å². The third-order valence-corrected chi connectivity index (χ3v) is 6.00. The number of anilines is 2. The molecular formula is C23H27F3N4O2. The molecule has 1 heterocycles. The summed E-state index contributed by atoms with van der Waals surface area (Å²) in [6.45, 7) is 11.6.